The molecular weight excluding hydrogens is 320 g/mol. The number of ether oxygens (including phenoxy) is 1. The molecule has 2 rings (SSSR count). The maximum absolute atomic E-state index is 12.4. The van der Waals surface area contributed by atoms with Crippen molar-refractivity contribution in [2.75, 3.05) is 13.7 Å². The minimum atomic E-state index is -0.122. The van der Waals surface area contributed by atoms with Gasteiger partial charge in [0.15, 0.2) is 0 Å². The predicted octanol–water partition coefficient (Wildman–Crippen LogP) is 1.68. The molecule has 0 spiro atoms. The van der Waals surface area contributed by atoms with E-state index in [1.165, 1.54) is 0 Å². The molecule has 2 aromatic heterocycles. The molecule has 0 fully saturated rings. The van der Waals surface area contributed by atoms with Gasteiger partial charge in [-0.1, -0.05) is 4.49 Å². The van der Waals surface area contributed by atoms with E-state index in [0.29, 0.717) is 33.9 Å². The highest BCUT2D eigenvalue weighted by Crippen LogP contribution is 2.22. The molecular formula is C10H11BrN4O2S. The lowest BCUT2D eigenvalue weighted by Gasteiger charge is -2.05. The van der Waals surface area contributed by atoms with E-state index in [0.717, 1.165) is 11.5 Å². The molecule has 2 aromatic rings. The highest BCUT2D eigenvalue weighted by molar-refractivity contribution is 9.10. The molecule has 0 aliphatic carbocycles. The van der Waals surface area contributed by atoms with Crippen LogP contribution in [0.4, 0.5) is 0 Å². The van der Waals surface area contributed by atoms with Crippen LogP contribution in [0.25, 0.3) is 0 Å². The van der Waals surface area contributed by atoms with Crippen molar-refractivity contribution >= 4 is 33.2 Å². The first-order valence-corrected chi connectivity index (χ1v) is 6.75. The van der Waals surface area contributed by atoms with Gasteiger partial charge in [-0.25, -0.2) is 0 Å². The van der Waals surface area contributed by atoms with E-state index in [2.05, 4.69) is 30.6 Å². The Bertz CT molecular complexity index is 566. The molecule has 6 nitrogen and oxygen atoms in total. The molecule has 2 heterocycles. The molecule has 0 unspecified atom stereocenters. The summed E-state index contributed by atoms with van der Waals surface area (Å²) in [5.41, 5.74) is 1.14. The smallest absolute Gasteiger partial charge is 0.225 e. The van der Waals surface area contributed by atoms with Gasteiger partial charge in [0.05, 0.1) is 29.5 Å². The largest absolute Gasteiger partial charge is 0.383 e. The summed E-state index contributed by atoms with van der Waals surface area (Å²) in [5, 5.41) is 7.99. The van der Waals surface area contributed by atoms with Crippen molar-refractivity contribution in [3.63, 3.8) is 0 Å². The number of carbonyl (C=O) groups is 1. The first-order valence-electron chi connectivity index (χ1n) is 5.19. The molecule has 0 aliphatic rings. The average Bonchev–Trinajstić information content (AvgIpc) is 2.92. The van der Waals surface area contributed by atoms with Gasteiger partial charge in [0.2, 0.25) is 5.78 Å². The first-order chi connectivity index (χ1) is 8.65. The number of carbonyl (C=O) groups excluding carboxylic acids is 1. The third-order valence-electron chi connectivity index (χ3n) is 2.37. The molecule has 96 valence electrons. The molecule has 0 radical (unpaired) electrons. The Kier molecular flexibility index (Phi) is 4.20. The van der Waals surface area contributed by atoms with Crippen LogP contribution in [0.3, 0.4) is 0 Å². The molecule has 0 bridgehead atoms. The monoisotopic (exact) mass is 330 g/mol. The summed E-state index contributed by atoms with van der Waals surface area (Å²) in [7, 11) is 1.61. The van der Waals surface area contributed by atoms with Crippen LogP contribution in [0.5, 0.6) is 0 Å². The number of nitrogens with zero attached hydrogens (tertiary/aromatic N) is 4. The lowest BCUT2D eigenvalue weighted by Crippen LogP contribution is -2.14. The SMILES string of the molecule is COCCn1ncc(Br)c1C(=O)c1snnc1C. The Morgan fingerprint density at radius 3 is 3.00 bits per heavy atom. The van der Waals surface area contributed by atoms with E-state index in [1.807, 2.05) is 0 Å². The molecule has 0 N–H and O–H groups in total. The number of methoxy groups -OCH3 is 1. The van der Waals surface area contributed by atoms with Crippen molar-refractivity contribution in [3.8, 4) is 0 Å². The van der Waals surface area contributed by atoms with E-state index < -0.39 is 0 Å². The van der Waals surface area contributed by atoms with E-state index in [9.17, 15) is 4.79 Å². The summed E-state index contributed by atoms with van der Waals surface area (Å²) in [6, 6.07) is 0. The van der Waals surface area contributed by atoms with Crippen LogP contribution in [0.2, 0.25) is 0 Å². The van der Waals surface area contributed by atoms with Gasteiger partial charge in [-0.3, -0.25) is 9.48 Å². The van der Waals surface area contributed by atoms with E-state index in [-0.39, 0.29) is 5.78 Å². The molecule has 0 saturated heterocycles. The van der Waals surface area contributed by atoms with Crippen LogP contribution < -0.4 is 0 Å². The highest BCUT2D eigenvalue weighted by Gasteiger charge is 2.22. The van der Waals surface area contributed by atoms with Crippen LogP contribution in [0, 0.1) is 6.92 Å². The van der Waals surface area contributed by atoms with Gasteiger partial charge in [-0.2, -0.15) is 5.10 Å². The van der Waals surface area contributed by atoms with Crippen LogP contribution in [0.15, 0.2) is 10.7 Å². The molecule has 0 aromatic carbocycles. The lowest BCUT2D eigenvalue weighted by atomic mass is 10.2. The Balaban J connectivity index is 2.35. The zero-order chi connectivity index (χ0) is 13.1. The second kappa shape index (κ2) is 5.68. The molecule has 0 amide bonds. The fraction of sp³-hybridized carbons (Fsp3) is 0.400. The lowest BCUT2D eigenvalue weighted by molar-refractivity contribution is 0.102. The quantitative estimate of drug-likeness (QED) is 0.780. The maximum Gasteiger partial charge on any atom is 0.225 e. The van der Waals surface area contributed by atoms with Crippen LogP contribution in [0.1, 0.15) is 21.1 Å². The van der Waals surface area contributed by atoms with Gasteiger partial charge in [0.25, 0.3) is 0 Å². The molecule has 0 atom stereocenters. The third-order valence-corrected chi connectivity index (χ3v) is 3.78. The van der Waals surface area contributed by atoms with Gasteiger partial charge in [0, 0.05) is 7.11 Å². The predicted molar refractivity (Wildman–Crippen MR) is 69.9 cm³/mol. The number of aryl methyl sites for hydroxylation is 1. The Hall–Kier alpha value is -1.12. The first kappa shape index (κ1) is 13.3. The van der Waals surface area contributed by atoms with Crippen molar-refractivity contribution in [2.24, 2.45) is 0 Å². The average molecular weight is 331 g/mol. The maximum atomic E-state index is 12.4. The summed E-state index contributed by atoms with van der Waals surface area (Å²) in [5.74, 6) is -0.122. The Labute approximate surface area is 116 Å². The van der Waals surface area contributed by atoms with E-state index >= 15 is 0 Å². The summed E-state index contributed by atoms with van der Waals surface area (Å²) < 4.78 is 11.1. The van der Waals surface area contributed by atoms with Crippen LogP contribution in [-0.2, 0) is 11.3 Å². The molecule has 0 aliphatic heterocycles. The number of rotatable bonds is 5. The van der Waals surface area contributed by atoms with E-state index in [4.69, 9.17) is 4.74 Å². The topological polar surface area (TPSA) is 69.9 Å². The molecule has 18 heavy (non-hydrogen) atoms. The second-order valence-electron chi connectivity index (χ2n) is 3.57. The zero-order valence-electron chi connectivity index (χ0n) is 9.88. The zero-order valence-corrected chi connectivity index (χ0v) is 12.3. The molecule has 8 heteroatoms. The minimum absolute atomic E-state index is 0.122. The highest BCUT2D eigenvalue weighted by atomic mass is 79.9. The molecule has 0 saturated carbocycles. The third kappa shape index (κ3) is 2.50. The number of hydrogen-bond acceptors (Lipinski definition) is 6. The van der Waals surface area contributed by atoms with Gasteiger partial charge in [-0.15, -0.1) is 5.10 Å². The summed E-state index contributed by atoms with van der Waals surface area (Å²) in [6.45, 7) is 2.78. The van der Waals surface area contributed by atoms with Crippen molar-refractivity contribution in [1.82, 2.24) is 19.4 Å². The Morgan fingerprint density at radius 1 is 1.61 bits per heavy atom. The van der Waals surface area contributed by atoms with Gasteiger partial charge < -0.3 is 4.74 Å². The summed E-state index contributed by atoms with van der Waals surface area (Å²) in [6.07, 6.45) is 1.60. The minimum Gasteiger partial charge on any atom is -0.383 e. The number of halogens is 1. The fourth-order valence-corrected chi connectivity index (χ4v) is 2.56. The van der Waals surface area contributed by atoms with Crippen molar-refractivity contribution in [1.29, 1.82) is 0 Å². The van der Waals surface area contributed by atoms with Crippen molar-refractivity contribution in [3.05, 3.63) is 26.9 Å². The normalized spacial score (nSPS) is 10.8. The number of hydrogen-bond donors (Lipinski definition) is 0. The van der Waals surface area contributed by atoms with Crippen LogP contribution in [-0.4, -0.2) is 38.9 Å². The Morgan fingerprint density at radius 2 is 2.39 bits per heavy atom. The van der Waals surface area contributed by atoms with Crippen molar-refractivity contribution < 1.29 is 9.53 Å². The standard InChI is InChI=1S/C10H11BrN4O2S/c1-6-10(18-14-13-6)9(16)8-7(11)5-12-15(8)3-4-17-2/h5H,3-4H2,1-2H3. The second-order valence-corrected chi connectivity index (χ2v) is 5.18. The number of ketones is 1. The van der Waals surface area contributed by atoms with E-state index in [1.54, 1.807) is 24.9 Å². The summed E-state index contributed by atoms with van der Waals surface area (Å²) in [4.78, 5) is 12.9. The van der Waals surface area contributed by atoms with Gasteiger partial charge in [0.1, 0.15) is 10.6 Å². The van der Waals surface area contributed by atoms with Crippen molar-refractivity contribution in [2.45, 2.75) is 13.5 Å². The number of aromatic nitrogens is 4. The fourth-order valence-electron chi connectivity index (χ4n) is 1.48. The van der Waals surface area contributed by atoms with Gasteiger partial charge in [-0.05, 0) is 34.4 Å². The van der Waals surface area contributed by atoms with Gasteiger partial charge >= 0.3 is 0 Å². The summed E-state index contributed by atoms with van der Waals surface area (Å²) >= 11 is 4.43. The van der Waals surface area contributed by atoms with Crippen LogP contribution >= 0.6 is 27.5 Å².